The maximum atomic E-state index is 13.4. The van der Waals surface area contributed by atoms with Crippen molar-refractivity contribution in [2.75, 3.05) is 19.7 Å². The van der Waals surface area contributed by atoms with Crippen molar-refractivity contribution in [2.24, 2.45) is 0 Å². The van der Waals surface area contributed by atoms with E-state index in [2.05, 4.69) is 5.32 Å². The van der Waals surface area contributed by atoms with Crippen LogP contribution in [0.15, 0.2) is 23.6 Å². The Morgan fingerprint density at radius 3 is 2.93 bits per heavy atom. The van der Waals surface area contributed by atoms with Crippen LogP contribution < -0.4 is 5.32 Å². The smallest absolute Gasteiger partial charge is 0.130 e. The van der Waals surface area contributed by atoms with Crippen LogP contribution in [0.4, 0.5) is 8.78 Å². The van der Waals surface area contributed by atoms with E-state index in [9.17, 15) is 8.78 Å². The summed E-state index contributed by atoms with van der Waals surface area (Å²) >= 11 is 0. The molecule has 78 valence electrons. The highest BCUT2D eigenvalue weighted by atomic mass is 19.1. The number of allylic oxidation sites excluding steroid dienone is 3. The van der Waals surface area contributed by atoms with Crippen molar-refractivity contribution in [3.63, 3.8) is 0 Å². The van der Waals surface area contributed by atoms with Gasteiger partial charge in [0.1, 0.15) is 12.0 Å². The zero-order valence-electron chi connectivity index (χ0n) is 7.80. The fourth-order valence-electron chi connectivity index (χ4n) is 1.74. The molecular weight excluding hydrogens is 188 g/mol. The van der Waals surface area contributed by atoms with Crippen molar-refractivity contribution in [3.8, 4) is 0 Å². The molecule has 4 heteroatoms. The van der Waals surface area contributed by atoms with Gasteiger partial charge in [-0.15, -0.1) is 0 Å². The number of nitrogens with one attached hydrogen (secondary N) is 1. The molecule has 1 aliphatic carbocycles. The van der Waals surface area contributed by atoms with Gasteiger partial charge in [-0.25, -0.2) is 8.78 Å². The van der Waals surface area contributed by atoms with E-state index in [0.717, 1.165) is 6.54 Å². The number of halogens is 2. The Morgan fingerprint density at radius 2 is 2.29 bits per heavy atom. The minimum absolute atomic E-state index is 0.147. The molecule has 1 fully saturated rings. The van der Waals surface area contributed by atoms with E-state index in [-0.39, 0.29) is 12.5 Å². The summed E-state index contributed by atoms with van der Waals surface area (Å²) in [6, 6.07) is 0. The van der Waals surface area contributed by atoms with Gasteiger partial charge in [-0.1, -0.05) is 6.08 Å². The Bertz CT molecular complexity index is 269. The molecule has 1 N–H and O–H groups in total. The molecule has 1 saturated heterocycles. The van der Waals surface area contributed by atoms with Crippen LogP contribution in [0.3, 0.4) is 0 Å². The first-order valence-corrected chi connectivity index (χ1v) is 4.80. The zero-order valence-corrected chi connectivity index (χ0v) is 7.80. The topological polar surface area (TPSA) is 21.3 Å². The molecule has 2 atom stereocenters. The first-order valence-electron chi connectivity index (χ1n) is 4.80. The van der Waals surface area contributed by atoms with Gasteiger partial charge < -0.3 is 10.1 Å². The summed E-state index contributed by atoms with van der Waals surface area (Å²) < 4.78 is 31.5. The normalized spacial score (nSPS) is 33.6. The average Bonchev–Trinajstić information content (AvgIpc) is 2.19. The van der Waals surface area contributed by atoms with Gasteiger partial charge >= 0.3 is 0 Å². The first kappa shape index (κ1) is 9.80. The van der Waals surface area contributed by atoms with Crippen LogP contribution in [0.25, 0.3) is 0 Å². The quantitative estimate of drug-likeness (QED) is 0.694. The molecule has 1 aliphatic heterocycles. The number of morpholine rings is 1. The Labute approximate surface area is 81.6 Å². The van der Waals surface area contributed by atoms with Gasteiger partial charge in [0.25, 0.3) is 0 Å². The highest BCUT2D eigenvalue weighted by molar-refractivity contribution is 5.28. The molecule has 0 bridgehead atoms. The number of ether oxygens (including phenoxy) is 1. The first-order chi connectivity index (χ1) is 6.77. The Morgan fingerprint density at radius 1 is 1.43 bits per heavy atom. The summed E-state index contributed by atoms with van der Waals surface area (Å²) in [5.74, 6) is -0.398. The van der Waals surface area contributed by atoms with Gasteiger partial charge in [0.05, 0.1) is 12.7 Å². The van der Waals surface area contributed by atoms with Gasteiger partial charge in [0, 0.05) is 19.5 Å². The van der Waals surface area contributed by atoms with Crippen LogP contribution in [0.2, 0.25) is 0 Å². The van der Waals surface area contributed by atoms with Crippen molar-refractivity contribution < 1.29 is 13.5 Å². The summed E-state index contributed by atoms with van der Waals surface area (Å²) in [7, 11) is 0. The number of alkyl halides is 1. The molecule has 1 heterocycles. The van der Waals surface area contributed by atoms with E-state index in [4.69, 9.17) is 4.74 Å². The van der Waals surface area contributed by atoms with Gasteiger partial charge in [-0.2, -0.15) is 0 Å². The molecule has 1 unspecified atom stereocenters. The Kier molecular flexibility index (Phi) is 2.93. The largest absolute Gasteiger partial charge is 0.371 e. The summed E-state index contributed by atoms with van der Waals surface area (Å²) in [6.45, 7) is 1.99. The lowest BCUT2D eigenvalue weighted by Crippen LogP contribution is -2.41. The molecule has 0 aromatic rings. The van der Waals surface area contributed by atoms with Crippen LogP contribution in [0, 0.1) is 0 Å². The highest BCUT2D eigenvalue weighted by Gasteiger charge is 2.27. The molecule has 0 amide bonds. The van der Waals surface area contributed by atoms with Crippen LogP contribution in [-0.2, 0) is 4.74 Å². The minimum atomic E-state index is -1.23. The van der Waals surface area contributed by atoms with E-state index in [1.165, 1.54) is 12.2 Å². The number of rotatable bonds is 1. The van der Waals surface area contributed by atoms with Gasteiger partial charge in [0.2, 0.25) is 0 Å². The zero-order chi connectivity index (χ0) is 9.97. The van der Waals surface area contributed by atoms with E-state index in [0.29, 0.717) is 18.7 Å². The summed E-state index contributed by atoms with van der Waals surface area (Å²) in [5.41, 5.74) is 0.554. The summed E-state index contributed by atoms with van der Waals surface area (Å²) in [5, 5.41) is 3.12. The fraction of sp³-hybridized carbons (Fsp3) is 0.600. The van der Waals surface area contributed by atoms with Crippen LogP contribution in [0.5, 0.6) is 0 Å². The van der Waals surface area contributed by atoms with Gasteiger partial charge in [0.15, 0.2) is 0 Å². The lowest BCUT2D eigenvalue weighted by molar-refractivity contribution is 0.0424. The molecule has 2 aliphatic rings. The second-order valence-electron chi connectivity index (χ2n) is 3.52. The Balaban J connectivity index is 2.08. The number of hydrogen-bond acceptors (Lipinski definition) is 2. The standard InChI is InChI=1S/C10H13F2NO/c11-7-1-2-8(9(12)5-7)10-6-13-3-4-14-10/h1-2,9-10,13H,3-6H2/t9-,10?/m0/s1. The molecule has 2 rings (SSSR count). The van der Waals surface area contributed by atoms with Gasteiger partial charge in [-0.3, -0.25) is 0 Å². The molecule has 0 saturated carbocycles. The summed E-state index contributed by atoms with van der Waals surface area (Å²) in [6.07, 6.45) is 1.21. The van der Waals surface area contributed by atoms with Crippen molar-refractivity contribution in [2.45, 2.75) is 18.7 Å². The molecule has 0 aromatic heterocycles. The molecule has 2 nitrogen and oxygen atoms in total. The predicted octanol–water partition coefficient (Wildman–Crippen LogP) is 1.50. The molecule has 0 aromatic carbocycles. The lowest BCUT2D eigenvalue weighted by Gasteiger charge is -2.28. The predicted molar refractivity (Wildman–Crippen MR) is 49.4 cm³/mol. The van der Waals surface area contributed by atoms with Crippen molar-refractivity contribution >= 4 is 0 Å². The second kappa shape index (κ2) is 4.19. The van der Waals surface area contributed by atoms with E-state index >= 15 is 0 Å². The van der Waals surface area contributed by atoms with Crippen LogP contribution in [-0.4, -0.2) is 32.0 Å². The lowest BCUT2D eigenvalue weighted by atomic mass is 9.96. The maximum Gasteiger partial charge on any atom is 0.130 e. The van der Waals surface area contributed by atoms with Gasteiger partial charge in [-0.05, 0) is 11.6 Å². The van der Waals surface area contributed by atoms with Crippen LogP contribution >= 0.6 is 0 Å². The fourth-order valence-corrected chi connectivity index (χ4v) is 1.74. The van der Waals surface area contributed by atoms with Crippen molar-refractivity contribution in [1.82, 2.24) is 5.32 Å². The molecule has 0 radical (unpaired) electrons. The summed E-state index contributed by atoms with van der Waals surface area (Å²) in [4.78, 5) is 0. The van der Waals surface area contributed by atoms with E-state index in [1.807, 2.05) is 0 Å². The number of hydrogen-bond donors (Lipinski definition) is 1. The van der Waals surface area contributed by atoms with Crippen molar-refractivity contribution in [1.29, 1.82) is 0 Å². The maximum absolute atomic E-state index is 13.4. The van der Waals surface area contributed by atoms with E-state index in [1.54, 1.807) is 0 Å². The van der Waals surface area contributed by atoms with Crippen LogP contribution in [0.1, 0.15) is 6.42 Å². The second-order valence-corrected chi connectivity index (χ2v) is 3.52. The third-order valence-corrected chi connectivity index (χ3v) is 2.49. The monoisotopic (exact) mass is 201 g/mol. The molecule has 14 heavy (non-hydrogen) atoms. The average molecular weight is 201 g/mol. The Hall–Kier alpha value is -0.740. The van der Waals surface area contributed by atoms with E-state index < -0.39 is 12.0 Å². The SMILES string of the molecule is FC1=CC=C(C2CNCCO2)[C@@H](F)C1. The third-order valence-electron chi connectivity index (χ3n) is 2.49. The third kappa shape index (κ3) is 2.01. The van der Waals surface area contributed by atoms with Crippen molar-refractivity contribution in [3.05, 3.63) is 23.6 Å². The molecule has 0 spiro atoms. The highest BCUT2D eigenvalue weighted by Crippen LogP contribution is 2.26. The minimum Gasteiger partial charge on any atom is -0.371 e. The molecular formula is C10H13F2NO.